The van der Waals surface area contributed by atoms with Gasteiger partial charge in [-0.05, 0) is 49.8 Å². The van der Waals surface area contributed by atoms with Gasteiger partial charge in [0.25, 0.3) is 0 Å². The summed E-state index contributed by atoms with van der Waals surface area (Å²) in [6, 6.07) is 4.97. The van der Waals surface area contributed by atoms with E-state index in [0.29, 0.717) is 35.5 Å². The number of nitrogen functional groups attached to an aromatic ring is 1. The first-order chi connectivity index (χ1) is 10.0. The number of nitrogens with zero attached hydrogens (tertiary/aromatic N) is 1. The van der Waals surface area contributed by atoms with Gasteiger partial charge in [0.15, 0.2) is 5.58 Å². The van der Waals surface area contributed by atoms with Crippen LogP contribution >= 0.6 is 0 Å². The molecule has 0 aliphatic heterocycles. The first kappa shape index (κ1) is 14.4. The molecule has 2 aromatic rings. The van der Waals surface area contributed by atoms with Crippen LogP contribution in [-0.4, -0.2) is 18.7 Å². The van der Waals surface area contributed by atoms with E-state index in [4.69, 9.17) is 10.2 Å². The zero-order valence-corrected chi connectivity index (χ0v) is 12.9. The van der Waals surface area contributed by atoms with Gasteiger partial charge in [-0.2, -0.15) is 4.98 Å². The molecule has 6 heteroatoms. The largest absolute Gasteiger partial charge is 0.428 e. The SMILES string of the molecule is CCC1CCC(S(=O)(=O)c2nc3cc(N)ccc3o2)CC1. The van der Waals surface area contributed by atoms with Crippen LogP contribution < -0.4 is 5.73 Å². The third kappa shape index (κ3) is 2.64. The van der Waals surface area contributed by atoms with Gasteiger partial charge in [0.2, 0.25) is 9.84 Å². The van der Waals surface area contributed by atoms with Crippen LogP contribution in [0.15, 0.2) is 27.8 Å². The summed E-state index contributed by atoms with van der Waals surface area (Å²) in [4.78, 5) is 4.12. The lowest BCUT2D eigenvalue weighted by atomic mass is 9.87. The highest BCUT2D eigenvalue weighted by Gasteiger charge is 2.35. The van der Waals surface area contributed by atoms with Crippen LogP contribution in [-0.2, 0) is 9.84 Å². The molecule has 1 heterocycles. The lowest BCUT2D eigenvalue weighted by molar-refractivity contribution is 0.344. The highest BCUT2D eigenvalue weighted by atomic mass is 32.2. The quantitative estimate of drug-likeness (QED) is 0.880. The fraction of sp³-hybridized carbons (Fsp3) is 0.533. The molecule has 1 aliphatic carbocycles. The van der Waals surface area contributed by atoms with Gasteiger partial charge < -0.3 is 10.2 Å². The summed E-state index contributed by atoms with van der Waals surface area (Å²) in [6.45, 7) is 2.16. The molecule has 0 spiro atoms. The van der Waals surface area contributed by atoms with Crippen molar-refractivity contribution in [2.24, 2.45) is 5.92 Å². The van der Waals surface area contributed by atoms with Crippen LogP contribution in [0, 0.1) is 5.92 Å². The maximum atomic E-state index is 12.6. The van der Waals surface area contributed by atoms with Crippen LogP contribution in [0.25, 0.3) is 11.1 Å². The summed E-state index contributed by atoms with van der Waals surface area (Å²) in [5.41, 5.74) is 7.19. The van der Waals surface area contributed by atoms with Crippen molar-refractivity contribution in [2.45, 2.75) is 49.5 Å². The Morgan fingerprint density at radius 1 is 1.29 bits per heavy atom. The third-order valence-electron chi connectivity index (χ3n) is 4.45. The van der Waals surface area contributed by atoms with E-state index < -0.39 is 9.84 Å². The monoisotopic (exact) mass is 308 g/mol. The molecule has 0 bridgehead atoms. The molecule has 1 fully saturated rings. The molecule has 5 nitrogen and oxygen atoms in total. The first-order valence-corrected chi connectivity index (χ1v) is 8.95. The summed E-state index contributed by atoms with van der Waals surface area (Å²) in [6.07, 6.45) is 4.44. The van der Waals surface area contributed by atoms with E-state index in [1.807, 2.05) is 0 Å². The minimum Gasteiger partial charge on any atom is -0.428 e. The molecule has 1 aliphatic rings. The predicted molar refractivity (Wildman–Crippen MR) is 81.6 cm³/mol. The van der Waals surface area contributed by atoms with Crippen molar-refractivity contribution in [1.29, 1.82) is 0 Å². The minimum absolute atomic E-state index is 0.164. The van der Waals surface area contributed by atoms with E-state index in [0.717, 1.165) is 19.3 Å². The molecule has 1 aromatic heterocycles. The predicted octanol–water partition coefficient (Wildman–Crippen LogP) is 3.15. The highest BCUT2D eigenvalue weighted by Crippen LogP contribution is 2.33. The topological polar surface area (TPSA) is 86.2 Å². The van der Waals surface area contributed by atoms with Crippen molar-refractivity contribution in [3.63, 3.8) is 0 Å². The summed E-state index contributed by atoms with van der Waals surface area (Å²) < 4.78 is 30.7. The van der Waals surface area contributed by atoms with Gasteiger partial charge >= 0.3 is 5.22 Å². The molecular weight excluding hydrogens is 288 g/mol. The summed E-state index contributed by atoms with van der Waals surface area (Å²) >= 11 is 0. The molecule has 0 amide bonds. The Hall–Kier alpha value is -1.56. The number of sulfone groups is 1. The molecule has 0 saturated heterocycles. The third-order valence-corrected chi connectivity index (χ3v) is 6.46. The van der Waals surface area contributed by atoms with E-state index in [9.17, 15) is 8.42 Å². The van der Waals surface area contributed by atoms with E-state index in [-0.39, 0.29) is 10.5 Å². The number of oxazole rings is 1. The zero-order valence-electron chi connectivity index (χ0n) is 12.1. The highest BCUT2D eigenvalue weighted by molar-refractivity contribution is 7.91. The number of anilines is 1. The Morgan fingerprint density at radius 2 is 2.00 bits per heavy atom. The number of rotatable bonds is 3. The average Bonchev–Trinajstić information content (AvgIpc) is 2.91. The van der Waals surface area contributed by atoms with Gasteiger partial charge in [0.05, 0.1) is 5.25 Å². The summed E-state index contributed by atoms with van der Waals surface area (Å²) in [5, 5.41) is -0.534. The van der Waals surface area contributed by atoms with E-state index >= 15 is 0 Å². The molecule has 1 aromatic carbocycles. The lowest BCUT2D eigenvalue weighted by Gasteiger charge is -2.26. The number of nitrogens with two attached hydrogens (primary N) is 1. The number of benzene rings is 1. The van der Waals surface area contributed by atoms with Gasteiger partial charge in [0, 0.05) is 5.69 Å². The van der Waals surface area contributed by atoms with Crippen LogP contribution in [0.2, 0.25) is 0 Å². The molecule has 21 heavy (non-hydrogen) atoms. The number of hydrogen-bond acceptors (Lipinski definition) is 5. The Bertz CT molecular complexity index is 743. The van der Waals surface area contributed by atoms with Crippen molar-refractivity contribution in [1.82, 2.24) is 4.98 Å². The van der Waals surface area contributed by atoms with Crippen molar-refractivity contribution < 1.29 is 12.8 Å². The second-order valence-electron chi connectivity index (χ2n) is 5.80. The van der Waals surface area contributed by atoms with E-state index in [1.165, 1.54) is 0 Å². The van der Waals surface area contributed by atoms with Gasteiger partial charge in [-0.3, -0.25) is 0 Å². The van der Waals surface area contributed by atoms with Gasteiger partial charge in [-0.1, -0.05) is 13.3 Å². The standard InChI is InChI=1S/C15H20N2O3S/c1-2-10-3-6-12(7-4-10)21(18,19)15-17-13-9-11(16)5-8-14(13)20-15/h5,8-10,12H,2-4,6-7,16H2,1H3. The Kier molecular flexibility index (Phi) is 3.65. The van der Waals surface area contributed by atoms with Crippen molar-refractivity contribution in [3.8, 4) is 0 Å². The maximum Gasteiger partial charge on any atom is 0.316 e. The van der Waals surface area contributed by atoms with E-state index in [2.05, 4.69) is 11.9 Å². The lowest BCUT2D eigenvalue weighted by Crippen LogP contribution is -2.27. The fourth-order valence-corrected chi connectivity index (χ4v) is 4.65. The van der Waals surface area contributed by atoms with Crippen LogP contribution in [0.5, 0.6) is 0 Å². The summed E-state index contributed by atoms with van der Waals surface area (Å²) in [5.74, 6) is 0.653. The Labute approximate surface area is 124 Å². The molecule has 114 valence electrons. The molecule has 2 N–H and O–H groups in total. The fourth-order valence-electron chi connectivity index (χ4n) is 3.04. The molecule has 1 saturated carbocycles. The normalized spacial score (nSPS) is 23.5. The Balaban J connectivity index is 1.90. The van der Waals surface area contributed by atoms with Crippen molar-refractivity contribution in [2.75, 3.05) is 5.73 Å². The molecule has 0 unspecified atom stereocenters. The first-order valence-electron chi connectivity index (χ1n) is 7.40. The van der Waals surface area contributed by atoms with Gasteiger partial charge in [0.1, 0.15) is 5.52 Å². The number of aromatic nitrogens is 1. The number of fused-ring (bicyclic) bond motifs is 1. The summed E-state index contributed by atoms with van der Waals surface area (Å²) in [7, 11) is -3.49. The second kappa shape index (κ2) is 5.33. The molecule has 0 atom stereocenters. The molecule has 3 rings (SSSR count). The number of hydrogen-bond donors (Lipinski definition) is 1. The van der Waals surface area contributed by atoms with Crippen LogP contribution in [0.3, 0.4) is 0 Å². The molecule has 0 radical (unpaired) electrons. The van der Waals surface area contributed by atoms with Gasteiger partial charge in [-0.25, -0.2) is 8.42 Å². The average molecular weight is 308 g/mol. The smallest absolute Gasteiger partial charge is 0.316 e. The maximum absolute atomic E-state index is 12.6. The van der Waals surface area contributed by atoms with Crippen molar-refractivity contribution in [3.05, 3.63) is 18.2 Å². The Morgan fingerprint density at radius 3 is 2.67 bits per heavy atom. The van der Waals surface area contributed by atoms with Crippen LogP contribution in [0.4, 0.5) is 5.69 Å². The van der Waals surface area contributed by atoms with Crippen molar-refractivity contribution >= 4 is 26.6 Å². The molecular formula is C15H20N2O3S. The van der Waals surface area contributed by atoms with Crippen LogP contribution in [0.1, 0.15) is 39.0 Å². The zero-order chi connectivity index (χ0) is 15.0. The minimum atomic E-state index is -3.49. The van der Waals surface area contributed by atoms with E-state index in [1.54, 1.807) is 18.2 Å². The second-order valence-corrected chi connectivity index (χ2v) is 7.91. The van der Waals surface area contributed by atoms with Gasteiger partial charge in [-0.15, -0.1) is 0 Å².